The quantitative estimate of drug-likeness (QED) is 0.923. The third-order valence-electron chi connectivity index (χ3n) is 4.22. The number of nitrogens with one attached hydrogen (secondary N) is 1. The molecule has 6 nitrogen and oxygen atoms in total. The van der Waals surface area contributed by atoms with Crippen LogP contribution in [0, 0.1) is 13.8 Å². The normalized spacial score (nSPS) is 19.9. The van der Waals surface area contributed by atoms with Crippen molar-refractivity contribution in [1.82, 2.24) is 14.3 Å². The first-order chi connectivity index (χ1) is 10.4. The van der Waals surface area contributed by atoms with E-state index >= 15 is 0 Å². The van der Waals surface area contributed by atoms with E-state index in [1.165, 1.54) is 16.7 Å². The van der Waals surface area contributed by atoms with Crippen molar-refractivity contribution in [2.45, 2.75) is 32.7 Å². The third-order valence-corrected chi connectivity index (χ3v) is 6.67. The molecule has 22 heavy (non-hydrogen) atoms. The first-order valence-corrected chi connectivity index (χ1v) is 9.96. The Labute approximate surface area is 134 Å². The lowest BCUT2D eigenvalue weighted by Gasteiger charge is -2.22. The number of anilines is 1. The summed E-state index contributed by atoms with van der Waals surface area (Å²) in [4.78, 5) is 10.9. The Hall–Kier alpha value is -1.25. The van der Waals surface area contributed by atoms with Gasteiger partial charge >= 0.3 is 0 Å². The molecule has 0 amide bonds. The largest absolute Gasteiger partial charge is 0.368 e. The van der Waals surface area contributed by atoms with Crippen LogP contribution in [0.25, 0.3) is 10.2 Å². The monoisotopic (exact) mass is 340 g/mol. The van der Waals surface area contributed by atoms with E-state index in [1.807, 2.05) is 0 Å². The van der Waals surface area contributed by atoms with Crippen molar-refractivity contribution in [3.05, 3.63) is 16.8 Å². The van der Waals surface area contributed by atoms with Gasteiger partial charge in [-0.25, -0.2) is 18.4 Å². The van der Waals surface area contributed by atoms with Gasteiger partial charge in [0.15, 0.2) is 0 Å². The molecule has 0 bridgehead atoms. The van der Waals surface area contributed by atoms with E-state index in [9.17, 15) is 8.42 Å². The minimum absolute atomic E-state index is 0.0000501. The van der Waals surface area contributed by atoms with Crippen LogP contribution in [0.5, 0.6) is 0 Å². The zero-order valence-electron chi connectivity index (χ0n) is 13.0. The SMILES string of the molecule is Cc1sc2ncnc(NC[C@H]3CCCN3S(C)(=O)=O)c2c1C. The van der Waals surface area contributed by atoms with Gasteiger partial charge in [0.1, 0.15) is 17.0 Å². The van der Waals surface area contributed by atoms with Gasteiger partial charge in [0.25, 0.3) is 0 Å². The fourth-order valence-electron chi connectivity index (χ4n) is 2.98. The number of rotatable bonds is 4. The molecular formula is C14H20N4O2S2. The molecule has 1 aliphatic rings. The summed E-state index contributed by atoms with van der Waals surface area (Å²) < 4.78 is 25.2. The van der Waals surface area contributed by atoms with E-state index in [-0.39, 0.29) is 6.04 Å². The summed E-state index contributed by atoms with van der Waals surface area (Å²) in [6, 6.07) is 0.0000501. The fraction of sp³-hybridized carbons (Fsp3) is 0.571. The van der Waals surface area contributed by atoms with Crippen molar-refractivity contribution in [2.24, 2.45) is 0 Å². The van der Waals surface area contributed by atoms with E-state index in [4.69, 9.17) is 0 Å². The number of nitrogens with zero attached hydrogens (tertiary/aromatic N) is 3. The number of thiophene rings is 1. The average molecular weight is 340 g/mol. The summed E-state index contributed by atoms with van der Waals surface area (Å²) in [5.74, 6) is 0.798. The number of sulfonamides is 1. The van der Waals surface area contributed by atoms with Crippen LogP contribution in [0.1, 0.15) is 23.3 Å². The van der Waals surface area contributed by atoms with E-state index in [2.05, 4.69) is 29.1 Å². The minimum Gasteiger partial charge on any atom is -0.368 e. The van der Waals surface area contributed by atoms with Gasteiger partial charge in [-0.2, -0.15) is 4.31 Å². The maximum atomic E-state index is 11.8. The molecule has 1 aliphatic heterocycles. The Morgan fingerprint density at radius 2 is 2.18 bits per heavy atom. The third kappa shape index (κ3) is 2.82. The zero-order chi connectivity index (χ0) is 15.9. The molecule has 1 saturated heterocycles. The summed E-state index contributed by atoms with van der Waals surface area (Å²) in [6.07, 6.45) is 4.63. The van der Waals surface area contributed by atoms with Crippen LogP contribution in [0.15, 0.2) is 6.33 Å². The van der Waals surface area contributed by atoms with E-state index in [0.717, 1.165) is 28.9 Å². The van der Waals surface area contributed by atoms with Crippen LogP contribution < -0.4 is 5.32 Å². The summed E-state index contributed by atoms with van der Waals surface area (Å²) in [6.45, 7) is 5.34. The maximum Gasteiger partial charge on any atom is 0.211 e. The Bertz CT molecular complexity index is 801. The predicted octanol–water partition coefficient (Wildman–Crippen LogP) is 2.14. The molecule has 2 aromatic rings. The van der Waals surface area contributed by atoms with Crippen molar-refractivity contribution in [2.75, 3.05) is 24.7 Å². The first-order valence-electron chi connectivity index (χ1n) is 7.29. The van der Waals surface area contributed by atoms with Crippen LogP contribution in [-0.2, 0) is 10.0 Å². The van der Waals surface area contributed by atoms with Gasteiger partial charge < -0.3 is 5.32 Å². The molecule has 2 aromatic heterocycles. The smallest absolute Gasteiger partial charge is 0.211 e. The Morgan fingerprint density at radius 1 is 1.41 bits per heavy atom. The topological polar surface area (TPSA) is 75.2 Å². The van der Waals surface area contributed by atoms with Crippen molar-refractivity contribution in [3.8, 4) is 0 Å². The van der Waals surface area contributed by atoms with Crippen molar-refractivity contribution >= 4 is 37.4 Å². The molecule has 1 atom stereocenters. The van der Waals surface area contributed by atoms with Crippen molar-refractivity contribution < 1.29 is 8.42 Å². The van der Waals surface area contributed by atoms with Crippen LogP contribution in [0.3, 0.4) is 0 Å². The highest BCUT2D eigenvalue weighted by Crippen LogP contribution is 2.32. The molecule has 0 unspecified atom stereocenters. The fourth-order valence-corrected chi connectivity index (χ4v) is 5.16. The van der Waals surface area contributed by atoms with E-state index in [0.29, 0.717) is 13.1 Å². The molecule has 3 heterocycles. The lowest BCUT2D eigenvalue weighted by atomic mass is 10.2. The van der Waals surface area contributed by atoms with Gasteiger partial charge in [-0.05, 0) is 32.3 Å². The number of hydrogen-bond donors (Lipinski definition) is 1. The second kappa shape index (κ2) is 5.75. The number of fused-ring (bicyclic) bond motifs is 1. The second-order valence-electron chi connectivity index (χ2n) is 5.74. The van der Waals surface area contributed by atoms with Crippen LogP contribution in [0.4, 0.5) is 5.82 Å². The van der Waals surface area contributed by atoms with Gasteiger partial charge in [-0.3, -0.25) is 0 Å². The number of aryl methyl sites for hydroxylation is 2. The molecule has 1 fully saturated rings. The molecule has 0 aromatic carbocycles. The highest BCUT2D eigenvalue weighted by Gasteiger charge is 2.31. The molecule has 0 radical (unpaired) electrons. The Morgan fingerprint density at radius 3 is 2.91 bits per heavy atom. The molecule has 120 valence electrons. The lowest BCUT2D eigenvalue weighted by Crippen LogP contribution is -2.38. The van der Waals surface area contributed by atoms with Crippen LogP contribution >= 0.6 is 11.3 Å². The molecule has 1 N–H and O–H groups in total. The molecule has 0 spiro atoms. The number of aromatic nitrogens is 2. The van der Waals surface area contributed by atoms with Gasteiger partial charge in [0.05, 0.1) is 11.6 Å². The van der Waals surface area contributed by atoms with Crippen molar-refractivity contribution in [1.29, 1.82) is 0 Å². The summed E-state index contributed by atoms with van der Waals surface area (Å²) in [5, 5.41) is 4.39. The van der Waals surface area contributed by atoms with E-state index in [1.54, 1.807) is 22.0 Å². The summed E-state index contributed by atoms with van der Waals surface area (Å²) in [5.41, 5.74) is 1.19. The number of hydrogen-bond acceptors (Lipinski definition) is 6. The van der Waals surface area contributed by atoms with Crippen molar-refractivity contribution in [3.63, 3.8) is 0 Å². The van der Waals surface area contributed by atoms with E-state index < -0.39 is 10.0 Å². The Balaban J connectivity index is 1.83. The highest BCUT2D eigenvalue weighted by atomic mass is 32.2. The van der Waals surface area contributed by atoms with Gasteiger partial charge in [0, 0.05) is 24.0 Å². The highest BCUT2D eigenvalue weighted by molar-refractivity contribution is 7.88. The summed E-state index contributed by atoms with van der Waals surface area (Å²) in [7, 11) is -3.14. The first kappa shape index (κ1) is 15.6. The molecule has 8 heteroatoms. The zero-order valence-corrected chi connectivity index (χ0v) is 14.6. The molecule has 0 aliphatic carbocycles. The maximum absolute atomic E-state index is 11.8. The van der Waals surface area contributed by atoms with Gasteiger partial charge in [-0.1, -0.05) is 0 Å². The molecule has 3 rings (SSSR count). The van der Waals surface area contributed by atoms with Crippen LogP contribution in [-0.4, -0.2) is 48.1 Å². The lowest BCUT2D eigenvalue weighted by molar-refractivity contribution is 0.402. The molecular weight excluding hydrogens is 320 g/mol. The standard InChI is InChI=1S/C14H20N4O2S2/c1-9-10(2)21-14-12(9)13(16-8-17-14)15-7-11-5-4-6-18(11)22(3,19)20/h8,11H,4-7H2,1-3H3,(H,15,16,17)/t11-/m1/s1. The van der Waals surface area contributed by atoms with Crippen LogP contribution in [0.2, 0.25) is 0 Å². The van der Waals surface area contributed by atoms with Gasteiger partial charge in [-0.15, -0.1) is 11.3 Å². The second-order valence-corrected chi connectivity index (χ2v) is 8.87. The minimum atomic E-state index is -3.14. The molecule has 0 saturated carbocycles. The predicted molar refractivity (Wildman–Crippen MR) is 90.0 cm³/mol. The average Bonchev–Trinajstić information content (AvgIpc) is 3.02. The van der Waals surface area contributed by atoms with Gasteiger partial charge in [0.2, 0.25) is 10.0 Å². The Kier molecular flexibility index (Phi) is 4.09. The summed E-state index contributed by atoms with van der Waals surface area (Å²) >= 11 is 1.66.